The van der Waals surface area contributed by atoms with E-state index in [1.807, 2.05) is 37.1 Å². The third kappa shape index (κ3) is 3.24. The number of nitrogens with two attached hydrogens (primary N) is 1. The third-order valence-electron chi connectivity index (χ3n) is 3.35. The highest BCUT2D eigenvalue weighted by Crippen LogP contribution is 2.24. The number of nitrogens with zero attached hydrogens (tertiary/aromatic N) is 3. The van der Waals surface area contributed by atoms with E-state index in [0.717, 1.165) is 30.0 Å². The lowest BCUT2D eigenvalue weighted by Crippen LogP contribution is -2.22. The van der Waals surface area contributed by atoms with Gasteiger partial charge >= 0.3 is 0 Å². The van der Waals surface area contributed by atoms with Crippen LogP contribution in [0.3, 0.4) is 0 Å². The Hall–Kier alpha value is -2.04. The molecule has 1 aliphatic heterocycles. The molecule has 0 aromatic heterocycles. The van der Waals surface area contributed by atoms with Crippen molar-refractivity contribution in [2.45, 2.75) is 12.5 Å². The number of nitrogen functional groups attached to an aromatic ring is 1. The average molecular weight is 260 g/mol. The van der Waals surface area contributed by atoms with Crippen LogP contribution in [0.15, 0.2) is 23.2 Å². The van der Waals surface area contributed by atoms with Gasteiger partial charge < -0.3 is 16.0 Å². The minimum absolute atomic E-state index is 0.293. The highest BCUT2D eigenvalue weighted by Gasteiger charge is 2.17. The monoisotopic (exact) mass is 260 g/mol. The molecule has 19 heavy (non-hydrogen) atoms. The van der Waals surface area contributed by atoms with E-state index in [2.05, 4.69) is 34.5 Å². The number of aliphatic imine (C=N–C) groups is 1. The van der Waals surface area contributed by atoms with Crippen molar-refractivity contribution in [2.24, 2.45) is 4.99 Å². The number of nitrogens with one attached hydrogen (secondary N) is 1. The van der Waals surface area contributed by atoms with Crippen LogP contribution in [0.5, 0.6) is 0 Å². The molecule has 102 valence electrons. The Kier molecular flexibility index (Phi) is 4.04. The van der Waals surface area contributed by atoms with Gasteiger partial charge in [-0.15, -0.1) is 0 Å². The molecule has 0 bridgehead atoms. The van der Waals surface area contributed by atoms with Crippen LogP contribution in [0.2, 0.25) is 0 Å². The second-order valence-corrected chi connectivity index (χ2v) is 4.88. The standard InChI is InChI=1S/C14H22N5/c1-16-14-5-4-12(8-13(14)15)19(3)7-6-11-9-18(2)10-17-11/h4-5,8-11,16H,6-7,15H2,1-3H3/q+1. The molecule has 1 aromatic carbocycles. The molecule has 0 amide bonds. The zero-order chi connectivity index (χ0) is 13.8. The van der Waals surface area contributed by atoms with Crippen LogP contribution in [0.1, 0.15) is 6.42 Å². The van der Waals surface area contributed by atoms with Crippen molar-refractivity contribution in [3.63, 3.8) is 0 Å². The van der Waals surface area contributed by atoms with Crippen molar-refractivity contribution in [1.29, 1.82) is 0 Å². The summed E-state index contributed by atoms with van der Waals surface area (Å²) in [5.41, 5.74) is 8.85. The molecule has 0 radical (unpaired) electrons. The summed E-state index contributed by atoms with van der Waals surface area (Å²) in [5.74, 6) is 0. The first-order chi connectivity index (χ1) is 9.10. The van der Waals surface area contributed by atoms with E-state index < -0.39 is 0 Å². The maximum Gasteiger partial charge on any atom is 0.280 e. The highest BCUT2D eigenvalue weighted by molar-refractivity contribution is 5.72. The summed E-state index contributed by atoms with van der Waals surface area (Å²) >= 11 is 0. The SMILES string of the molecule is CNc1ccc(N(C)CCC2C=[N+](C)C=N2)cc1N. The van der Waals surface area contributed by atoms with Gasteiger partial charge in [0.05, 0.1) is 18.4 Å². The maximum absolute atomic E-state index is 5.98. The van der Waals surface area contributed by atoms with E-state index in [1.54, 1.807) is 0 Å². The summed E-state index contributed by atoms with van der Waals surface area (Å²) in [5, 5.41) is 3.07. The summed E-state index contributed by atoms with van der Waals surface area (Å²) in [6, 6.07) is 6.38. The molecule has 3 N–H and O–H groups in total. The number of hydrogen-bond acceptors (Lipinski definition) is 4. The number of benzene rings is 1. The van der Waals surface area contributed by atoms with Gasteiger partial charge in [-0.3, -0.25) is 0 Å². The van der Waals surface area contributed by atoms with Gasteiger partial charge in [0, 0.05) is 32.7 Å². The van der Waals surface area contributed by atoms with E-state index in [1.165, 1.54) is 0 Å². The normalized spacial score (nSPS) is 17.4. The largest absolute Gasteiger partial charge is 0.397 e. The van der Waals surface area contributed by atoms with E-state index in [4.69, 9.17) is 5.73 Å². The predicted molar refractivity (Wildman–Crippen MR) is 82.8 cm³/mol. The molecule has 5 heteroatoms. The number of anilines is 3. The average Bonchev–Trinajstić information content (AvgIpc) is 2.81. The highest BCUT2D eigenvalue weighted by atomic mass is 15.1. The van der Waals surface area contributed by atoms with Crippen LogP contribution < -0.4 is 16.0 Å². The summed E-state index contributed by atoms with van der Waals surface area (Å²) < 4.78 is 2.00. The van der Waals surface area contributed by atoms with Crippen molar-refractivity contribution >= 4 is 29.6 Å². The first-order valence-corrected chi connectivity index (χ1v) is 6.49. The Bertz CT molecular complexity index is 507. The molecular weight excluding hydrogens is 238 g/mol. The van der Waals surface area contributed by atoms with Gasteiger partial charge in [-0.1, -0.05) is 4.99 Å². The lowest BCUT2D eigenvalue weighted by Gasteiger charge is -2.20. The molecule has 1 unspecified atom stereocenters. The molecule has 0 saturated heterocycles. The molecule has 0 aliphatic carbocycles. The van der Waals surface area contributed by atoms with Gasteiger partial charge in [0.15, 0.2) is 6.04 Å². The molecular formula is C14H22N5+. The number of rotatable bonds is 5. The summed E-state index contributed by atoms with van der Waals surface area (Å²) in [4.78, 5) is 6.62. The summed E-state index contributed by atoms with van der Waals surface area (Å²) in [6.45, 7) is 0.949. The van der Waals surface area contributed by atoms with Crippen molar-refractivity contribution in [3.8, 4) is 0 Å². The van der Waals surface area contributed by atoms with Crippen LogP contribution in [-0.4, -0.2) is 50.9 Å². The molecule has 0 fully saturated rings. The van der Waals surface area contributed by atoms with E-state index in [9.17, 15) is 0 Å². The fourth-order valence-corrected chi connectivity index (χ4v) is 2.16. The Morgan fingerprint density at radius 1 is 1.47 bits per heavy atom. The van der Waals surface area contributed by atoms with E-state index >= 15 is 0 Å². The van der Waals surface area contributed by atoms with Crippen molar-refractivity contribution in [1.82, 2.24) is 0 Å². The second kappa shape index (κ2) is 5.73. The second-order valence-electron chi connectivity index (χ2n) is 4.88. The molecule has 2 rings (SSSR count). The van der Waals surface area contributed by atoms with Crippen molar-refractivity contribution in [2.75, 3.05) is 43.6 Å². The number of hydrogen-bond donors (Lipinski definition) is 2. The molecule has 1 aliphatic rings. The molecule has 1 heterocycles. The summed E-state index contributed by atoms with van der Waals surface area (Å²) in [7, 11) is 5.96. The van der Waals surface area contributed by atoms with Gasteiger partial charge in [-0.25, -0.2) is 4.58 Å². The lowest BCUT2D eigenvalue weighted by molar-refractivity contribution is -0.351. The quantitative estimate of drug-likeness (QED) is 0.619. The first-order valence-electron chi connectivity index (χ1n) is 6.49. The van der Waals surface area contributed by atoms with E-state index in [0.29, 0.717) is 6.04 Å². The molecule has 1 atom stereocenters. The van der Waals surface area contributed by atoms with Gasteiger partial charge in [0.25, 0.3) is 6.34 Å². The van der Waals surface area contributed by atoms with Gasteiger partial charge in [0.2, 0.25) is 0 Å². The predicted octanol–water partition coefficient (Wildman–Crippen LogP) is 1.26. The maximum atomic E-state index is 5.98. The van der Waals surface area contributed by atoms with Crippen LogP contribution in [0, 0.1) is 0 Å². The molecule has 1 aromatic rings. The minimum Gasteiger partial charge on any atom is -0.397 e. The Morgan fingerprint density at radius 2 is 2.26 bits per heavy atom. The minimum atomic E-state index is 0.293. The molecule has 5 nitrogen and oxygen atoms in total. The fraction of sp³-hybridized carbons (Fsp3) is 0.429. The first kappa shape index (κ1) is 13.4. The van der Waals surface area contributed by atoms with Crippen LogP contribution in [0.25, 0.3) is 0 Å². The van der Waals surface area contributed by atoms with Gasteiger partial charge in [0.1, 0.15) is 6.21 Å². The lowest BCUT2D eigenvalue weighted by atomic mass is 10.2. The Morgan fingerprint density at radius 3 is 2.84 bits per heavy atom. The van der Waals surface area contributed by atoms with Crippen molar-refractivity contribution < 1.29 is 4.58 Å². The molecule has 0 saturated carbocycles. The topological polar surface area (TPSA) is 56.7 Å². The molecule has 0 spiro atoms. The van der Waals surface area contributed by atoms with Gasteiger partial charge in [-0.2, -0.15) is 0 Å². The van der Waals surface area contributed by atoms with Crippen LogP contribution >= 0.6 is 0 Å². The fourth-order valence-electron chi connectivity index (χ4n) is 2.16. The zero-order valence-corrected chi connectivity index (χ0v) is 11.8. The van der Waals surface area contributed by atoms with E-state index in [-0.39, 0.29) is 0 Å². The Labute approximate surface area is 114 Å². The summed E-state index contributed by atoms with van der Waals surface area (Å²) in [6.07, 6.45) is 5.00. The van der Waals surface area contributed by atoms with Crippen LogP contribution in [-0.2, 0) is 0 Å². The third-order valence-corrected chi connectivity index (χ3v) is 3.35. The van der Waals surface area contributed by atoms with Crippen LogP contribution in [0.4, 0.5) is 17.1 Å². The zero-order valence-electron chi connectivity index (χ0n) is 11.8. The Balaban J connectivity index is 1.94. The van der Waals surface area contributed by atoms with Crippen molar-refractivity contribution in [3.05, 3.63) is 18.2 Å². The van der Waals surface area contributed by atoms with Gasteiger partial charge in [-0.05, 0) is 18.2 Å². The smallest absolute Gasteiger partial charge is 0.280 e.